The molecule has 1 atom stereocenters. The molecular formula is C15H13BrF3N. The molecule has 5 heteroatoms. The summed E-state index contributed by atoms with van der Waals surface area (Å²) in [5.74, 6) is -1.55. The first-order chi connectivity index (χ1) is 9.52. The first-order valence-corrected chi connectivity index (χ1v) is 6.87. The maximum absolute atomic E-state index is 13.8. The summed E-state index contributed by atoms with van der Waals surface area (Å²) >= 11 is 3.26. The minimum Gasteiger partial charge on any atom is -0.313 e. The summed E-state index contributed by atoms with van der Waals surface area (Å²) in [7, 11) is 1.63. The molecule has 2 aromatic carbocycles. The van der Waals surface area contributed by atoms with E-state index >= 15 is 0 Å². The second-order valence-electron chi connectivity index (χ2n) is 4.42. The van der Waals surface area contributed by atoms with Crippen molar-refractivity contribution in [2.45, 2.75) is 12.5 Å². The molecule has 0 aromatic heterocycles. The van der Waals surface area contributed by atoms with E-state index in [-0.39, 0.29) is 11.4 Å². The van der Waals surface area contributed by atoms with Gasteiger partial charge in [-0.3, -0.25) is 0 Å². The Hall–Kier alpha value is -1.33. The van der Waals surface area contributed by atoms with Crippen molar-refractivity contribution in [3.63, 3.8) is 0 Å². The van der Waals surface area contributed by atoms with Gasteiger partial charge in [-0.1, -0.05) is 28.1 Å². The summed E-state index contributed by atoms with van der Waals surface area (Å²) < 4.78 is 41.2. The molecule has 1 unspecified atom stereocenters. The molecular weight excluding hydrogens is 331 g/mol. The molecule has 0 saturated carbocycles. The fourth-order valence-electron chi connectivity index (χ4n) is 2.10. The lowest BCUT2D eigenvalue weighted by Crippen LogP contribution is -2.21. The van der Waals surface area contributed by atoms with E-state index in [1.807, 2.05) is 0 Å². The lowest BCUT2D eigenvalue weighted by Gasteiger charge is -2.19. The van der Waals surface area contributed by atoms with Gasteiger partial charge in [-0.15, -0.1) is 0 Å². The molecule has 20 heavy (non-hydrogen) atoms. The summed E-state index contributed by atoms with van der Waals surface area (Å²) in [4.78, 5) is 0. The average Bonchev–Trinajstić information content (AvgIpc) is 2.39. The van der Waals surface area contributed by atoms with E-state index in [9.17, 15) is 13.2 Å². The van der Waals surface area contributed by atoms with Gasteiger partial charge in [-0.25, -0.2) is 13.2 Å². The predicted molar refractivity (Wildman–Crippen MR) is 76.0 cm³/mol. The number of likely N-dealkylation sites (N-methyl/N-ethyl adjacent to an activating group) is 1. The van der Waals surface area contributed by atoms with Crippen molar-refractivity contribution in [1.29, 1.82) is 0 Å². The SMILES string of the molecule is CNC(Cc1ccc(F)cc1Br)c1c(F)cccc1F. The van der Waals surface area contributed by atoms with Crippen LogP contribution in [0.4, 0.5) is 13.2 Å². The Labute approximate surface area is 123 Å². The number of halogens is 4. The molecule has 0 saturated heterocycles. The van der Waals surface area contributed by atoms with Gasteiger partial charge in [0.15, 0.2) is 0 Å². The van der Waals surface area contributed by atoms with Crippen LogP contribution in [0.25, 0.3) is 0 Å². The Kier molecular flexibility index (Phi) is 4.83. The fraction of sp³-hybridized carbons (Fsp3) is 0.200. The normalized spacial score (nSPS) is 12.4. The van der Waals surface area contributed by atoms with Crippen LogP contribution in [-0.2, 0) is 6.42 Å². The first-order valence-electron chi connectivity index (χ1n) is 6.08. The molecule has 0 aliphatic rings. The van der Waals surface area contributed by atoms with Crippen LogP contribution in [0.1, 0.15) is 17.2 Å². The topological polar surface area (TPSA) is 12.0 Å². The lowest BCUT2D eigenvalue weighted by molar-refractivity contribution is 0.488. The van der Waals surface area contributed by atoms with Gasteiger partial charge in [-0.05, 0) is 43.3 Å². The van der Waals surface area contributed by atoms with E-state index in [0.717, 1.165) is 5.56 Å². The molecule has 1 N–H and O–H groups in total. The summed E-state index contributed by atoms with van der Waals surface area (Å²) in [6.45, 7) is 0. The van der Waals surface area contributed by atoms with Gasteiger partial charge in [0.05, 0.1) is 0 Å². The largest absolute Gasteiger partial charge is 0.313 e. The third-order valence-corrected chi connectivity index (χ3v) is 3.87. The minimum atomic E-state index is -0.595. The van der Waals surface area contributed by atoms with Crippen LogP contribution in [0, 0.1) is 17.5 Å². The Bertz CT molecular complexity index is 596. The number of benzene rings is 2. The zero-order valence-electron chi connectivity index (χ0n) is 10.8. The molecule has 0 radical (unpaired) electrons. The van der Waals surface area contributed by atoms with Crippen LogP contribution in [0.15, 0.2) is 40.9 Å². The van der Waals surface area contributed by atoms with E-state index in [0.29, 0.717) is 10.9 Å². The quantitative estimate of drug-likeness (QED) is 0.869. The molecule has 106 valence electrons. The Morgan fingerprint density at radius 1 is 1.10 bits per heavy atom. The van der Waals surface area contributed by atoms with Crippen LogP contribution in [0.3, 0.4) is 0 Å². The van der Waals surface area contributed by atoms with Crippen LogP contribution in [0.2, 0.25) is 0 Å². The summed E-state index contributed by atoms with van der Waals surface area (Å²) in [5, 5.41) is 2.90. The van der Waals surface area contributed by atoms with Crippen LogP contribution >= 0.6 is 15.9 Å². The number of rotatable bonds is 4. The maximum atomic E-state index is 13.8. The van der Waals surface area contributed by atoms with Crippen molar-refractivity contribution in [3.05, 3.63) is 69.4 Å². The second kappa shape index (κ2) is 6.41. The van der Waals surface area contributed by atoms with Gasteiger partial charge in [0.1, 0.15) is 17.5 Å². The van der Waals surface area contributed by atoms with Crippen LogP contribution < -0.4 is 5.32 Å². The molecule has 0 aliphatic heterocycles. The smallest absolute Gasteiger partial charge is 0.130 e. The molecule has 0 bridgehead atoms. The van der Waals surface area contributed by atoms with E-state index in [1.54, 1.807) is 13.1 Å². The van der Waals surface area contributed by atoms with Crippen molar-refractivity contribution >= 4 is 15.9 Å². The van der Waals surface area contributed by atoms with Gasteiger partial charge < -0.3 is 5.32 Å². The van der Waals surface area contributed by atoms with Crippen molar-refractivity contribution in [1.82, 2.24) is 5.32 Å². The third kappa shape index (κ3) is 3.22. The summed E-state index contributed by atoms with van der Waals surface area (Å²) in [5.41, 5.74) is 0.764. The van der Waals surface area contributed by atoms with Gasteiger partial charge in [0.25, 0.3) is 0 Å². The monoisotopic (exact) mass is 343 g/mol. The Morgan fingerprint density at radius 3 is 2.30 bits per heavy atom. The highest BCUT2D eigenvalue weighted by molar-refractivity contribution is 9.10. The summed E-state index contributed by atoms with van der Waals surface area (Å²) in [6, 6.07) is 7.50. The van der Waals surface area contributed by atoms with Crippen molar-refractivity contribution in [2.75, 3.05) is 7.05 Å². The minimum absolute atomic E-state index is 0.00812. The average molecular weight is 344 g/mol. The highest BCUT2D eigenvalue weighted by Gasteiger charge is 2.20. The highest BCUT2D eigenvalue weighted by atomic mass is 79.9. The number of hydrogen-bond donors (Lipinski definition) is 1. The third-order valence-electron chi connectivity index (χ3n) is 3.14. The standard InChI is InChI=1S/C15H13BrF3N/c1-20-14(15-12(18)3-2-4-13(15)19)7-9-5-6-10(17)8-11(9)16/h2-6,8,14,20H,7H2,1H3. The first kappa shape index (κ1) is 15.1. The zero-order valence-corrected chi connectivity index (χ0v) is 12.3. The van der Waals surface area contributed by atoms with Gasteiger partial charge in [0, 0.05) is 16.1 Å². The second-order valence-corrected chi connectivity index (χ2v) is 5.27. The molecule has 0 fully saturated rings. The predicted octanol–water partition coefficient (Wildman–Crippen LogP) is 4.37. The fourth-order valence-corrected chi connectivity index (χ4v) is 2.61. The molecule has 0 amide bonds. The van der Waals surface area contributed by atoms with Gasteiger partial charge in [0.2, 0.25) is 0 Å². The van der Waals surface area contributed by atoms with Gasteiger partial charge in [-0.2, -0.15) is 0 Å². The number of hydrogen-bond acceptors (Lipinski definition) is 1. The highest BCUT2D eigenvalue weighted by Crippen LogP contribution is 2.27. The molecule has 0 heterocycles. The Balaban J connectivity index is 2.34. The molecule has 0 spiro atoms. The van der Waals surface area contributed by atoms with Gasteiger partial charge >= 0.3 is 0 Å². The van der Waals surface area contributed by atoms with Crippen LogP contribution in [-0.4, -0.2) is 7.05 Å². The van der Waals surface area contributed by atoms with E-state index in [1.165, 1.54) is 30.3 Å². The van der Waals surface area contributed by atoms with Crippen LogP contribution in [0.5, 0.6) is 0 Å². The summed E-state index contributed by atoms with van der Waals surface area (Å²) in [6.07, 6.45) is 0.342. The van der Waals surface area contributed by atoms with Crippen molar-refractivity contribution in [3.8, 4) is 0 Å². The molecule has 1 nitrogen and oxygen atoms in total. The molecule has 2 rings (SSSR count). The molecule has 2 aromatic rings. The Morgan fingerprint density at radius 2 is 1.75 bits per heavy atom. The van der Waals surface area contributed by atoms with E-state index in [2.05, 4.69) is 21.2 Å². The lowest BCUT2D eigenvalue weighted by atomic mass is 9.98. The van der Waals surface area contributed by atoms with E-state index in [4.69, 9.17) is 0 Å². The zero-order chi connectivity index (χ0) is 14.7. The van der Waals surface area contributed by atoms with Crippen molar-refractivity contribution < 1.29 is 13.2 Å². The maximum Gasteiger partial charge on any atom is 0.130 e. The van der Waals surface area contributed by atoms with E-state index < -0.39 is 17.7 Å². The molecule has 0 aliphatic carbocycles. The van der Waals surface area contributed by atoms with Crippen molar-refractivity contribution in [2.24, 2.45) is 0 Å². The number of nitrogens with one attached hydrogen (secondary N) is 1.